The maximum Gasteiger partial charge on any atom is 0.225 e. The van der Waals surface area contributed by atoms with Gasteiger partial charge in [-0.15, -0.1) is 0 Å². The van der Waals surface area contributed by atoms with Crippen molar-refractivity contribution >= 4 is 5.95 Å². The van der Waals surface area contributed by atoms with E-state index in [1.54, 1.807) is 12.4 Å². The fourth-order valence-electron chi connectivity index (χ4n) is 2.48. The summed E-state index contributed by atoms with van der Waals surface area (Å²) in [6, 6.07) is 1.84. The van der Waals surface area contributed by atoms with Crippen LogP contribution < -0.4 is 4.90 Å². The molecule has 3 heterocycles. The van der Waals surface area contributed by atoms with Crippen molar-refractivity contribution in [3.05, 3.63) is 36.3 Å². The Hall–Kier alpha value is -1.95. The van der Waals surface area contributed by atoms with Crippen molar-refractivity contribution in [2.24, 2.45) is 0 Å². The summed E-state index contributed by atoms with van der Waals surface area (Å²) in [5, 5.41) is 0. The van der Waals surface area contributed by atoms with Gasteiger partial charge in [0.05, 0.1) is 12.7 Å². The molecule has 0 aromatic carbocycles. The Balaban J connectivity index is 1.55. The van der Waals surface area contributed by atoms with Crippen molar-refractivity contribution in [2.45, 2.75) is 32.7 Å². The molecule has 0 aliphatic carbocycles. The number of nitrogens with zero attached hydrogens (tertiary/aromatic N) is 5. The summed E-state index contributed by atoms with van der Waals surface area (Å²) < 4.78 is 5.87. The fourth-order valence-corrected chi connectivity index (χ4v) is 2.48. The molecular weight excluding hydrogens is 278 g/mol. The topological polar surface area (TPSA) is 58.3 Å². The van der Waals surface area contributed by atoms with E-state index in [1.807, 2.05) is 12.3 Å². The monoisotopic (exact) mass is 301 g/mol. The van der Waals surface area contributed by atoms with Crippen molar-refractivity contribution in [1.82, 2.24) is 19.9 Å². The molecule has 1 fully saturated rings. The number of aromatic nitrogens is 3. The predicted molar refractivity (Wildman–Crippen MR) is 84.7 cm³/mol. The average molecular weight is 301 g/mol. The molecule has 2 aromatic heterocycles. The van der Waals surface area contributed by atoms with Crippen molar-refractivity contribution in [1.29, 1.82) is 0 Å². The Morgan fingerprint density at radius 3 is 2.32 bits per heavy atom. The third kappa shape index (κ3) is 3.44. The highest BCUT2D eigenvalue weighted by atomic mass is 16.4. The predicted octanol–water partition coefficient (Wildman–Crippen LogP) is 2.08. The molecule has 0 unspecified atom stereocenters. The lowest BCUT2D eigenvalue weighted by molar-refractivity contribution is 0.220. The fraction of sp³-hybridized carbons (Fsp3) is 0.562. The van der Waals surface area contributed by atoms with Crippen LogP contribution in [0.25, 0.3) is 0 Å². The van der Waals surface area contributed by atoms with Crippen molar-refractivity contribution in [3.8, 4) is 0 Å². The zero-order valence-corrected chi connectivity index (χ0v) is 13.5. The van der Waals surface area contributed by atoms with Gasteiger partial charge in [0.2, 0.25) is 11.8 Å². The Bertz CT molecular complexity index is 596. The van der Waals surface area contributed by atoms with Crippen LogP contribution in [0.4, 0.5) is 5.95 Å². The van der Waals surface area contributed by atoms with E-state index >= 15 is 0 Å². The molecule has 0 bridgehead atoms. The van der Waals surface area contributed by atoms with Crippen LogP contribution in [0, 0.1) is 0 Å². The molecule has 6 heteroatoms. The van der Waals surface area contributed by atoms with Gasteiger partial charge in [0.25, 0.3) is 0 Å². The largest absolute Gasteiger partial charge is 0.444 e. The van der Waals surface area contributed by atoms with E-state index in [2.05, 4.69) is 45.5 Å². The van der Waals surface area contributed by atoms with Crippen LogP contribution in [-0.4, -0.2) is 46.0 Å². The summed E-state index contributed by atoms with van der Waals surface area (Å²) >= 11 is 0. The highest BCUT2D eigenvalue weighted by Crippen LogP contribution is 2.23. The molecule has 0 atom stereocenters. The molecule has 0 N–H and O–H groups in total. The molecule has 22 heavy (non-hydrogen) atoms. The van der Waals surface area contributed by atoms with Crippen LogP contribution in [0.3, 0.4) is 0 Å². The molecule has 118 valence electrons. The van der Waals surface area contributed by atoms with Crippen LogP contribution >= 0.6 is 0 Å². The first-order valence-electron chi connectivity index (χ1n) is 7.72. The number of piperazine rings is 1. The Kier molecular flexibility index (Phi) is 4.11. The first kappa shape index (κ1) is 15.0. The highest BCUT2D eigenvalue weighted by Gasteiger charge is 2.22. The summed E-state index contributed by atoms with van der Waals surface area (Å²) in [6.45, 7) is 11.0. The van der Waals surface area contributed by atoms with Gasteiger partial charge in [0, 0.05) is 44.0 Å². The molecule has 0 amide bonds. The van der Waals surface area contributed by atoms with Gasteiger partial charge in [-0.25, -0.2) is 15.0 Å². The average Bonchev–Trinajstić information content (AvgIpc) is 2.98. The van der Waals surface area contributed by atoms with E-state index in [4.69, 9.17) is 4.42 Å². The van der Waals surface area contributed by atoms with Gasteiger partial charge in [-0.2, -0.15) is 0 Å². The molecule has 1 aliphatic heterocycles. The Morgan fingerprint density at radius 1 is 1.05 bits per heavy atom. The maximum atomic E-state index is 5.87. The SMILES string of the molecule is CC(C)(C)c1cnc(CN2CCN(c3ncccn3)CC2)o1. The van der Waals surface area contributed by atoms with Gasteiger partial charge >= 0.3 is 0 Å². The van der Waals surface area contributed by atoms with Gasteiger partial charge in [0.15, 0.2) is 0 Å². The standard InChI is InChI=1S/C16H23N5O/c1-16(2,3)13-11-19-14(22-13)12-20-7-9-21(10-8-20)15-17-5-4-6-18-15/h4-6,11H,7-10,12H2,1-3H3. The van der Waals surface area contributed by atoms with E-state index in [0.29, 0.717) is 0 Å². The highest BCUT2D eigenvalue weighted by molar-refractivity contribution is 5.29. The van der Waals surface area contributed by atoms with Crippen molar-refractivity contribution in [3.63, 3.8) is 0 Å². The second-order valence-corrected chi connectivity index (χ2v) is 6.68. The number of oxazole rings is 1. The summed E-state index contributed by atoms with van der Waals surface area (Å²) in [5.41, 5.74) is 0.00853. The van der Waals surface area contributed by atoms with E-state index in [0.717, 1.165) is 50.3 Å². The van der Waals surface area contributed by atoms with Crippen LogP contribution in [0.5, 0.6) is 0 Å². The van der Waals surface area contributed by atoms with E-state index in [1.165, 1.54) is 0 Å². The summed E-state index contributed by atoms with van der Waals surface area (Å²) in [4.78, 5) is 17.6. The smallest absolute Gasteiger partial charge is 0.225 e. The molecule has 1 saturated heterocycles. The van der Waals surface area contributed by atoms with Gasteiger partial charge in [-0.3, -0.25) is 4.90 Å². The minimum atomic E-state index is 0.00853. The normalized spacial score (nSPS) is 17.0. The molecular formula is C16H23N5O. The van der Waals surface area contributed by atoms with Crippen molar-refractivity contribution in [2.75, 3.05) is 31.1 Å². The lowest BCUT2D eigenvalue weighted by Crippen LogP contribution is -2.46. The zero-order valence-electron chi connectivity index (χ0n) is 13.5. The van der Waals surface area contributed by atoms with Crippen molar-refractivity contribution < 1.29 is 4.42 Å². The van der Waals surface area contributed by atoms with Crippen LogP contribution in [0.1, 0.15) is 32.4 Å². The van der Waals surface area contributed by atoms with Gasteiger partial charge in [-0.05, 0) is 6.07 Å². The van der Waals surface area contributed by atoms with Crippen LogP contribution in [-0.2, 0) is 12.0 Å². The quantitative estimate of drug-likeness (QED) is 0.865. The number of hydrogen-bond acceptors (Lipinski definition) is 6. The summed E-state index contributed by atoms with van der Waals surface area (Å²) in [5.74, 6) is 2.56. The van der Waals surface area contributed by atoms with Crippen LogP contribution in [0.2, 0.25) is 0 Å². The second-order valence-electron chi connectivity index (χ2n) is 6.68. The minimum absolute atomic E-state index is 0.00853. The van der Waals surface area contributed by atoms with E-state index in [9.17, 15) is 0 Å². The second kappa shape index (κ2) is 6.04. The third-order valence-electron chi connectivity index (χ3n) is 3.86. The van der Waals surface area contributed by atoms with Gasteiger partial charge in [0.1, 0.15) is 5.76 Å². The summed E-state index contributed by atoms with van der Waals surface area (Å²) in [7, 11) is 0. The van der Waals surface area contributed by atoms with E-state index in [-0.39, 0.29) is 5.41 Å². The van der Waals surface area contributed by atoms with Crippen LogP contribution in [0.15, 0.2) is 29.1 Å². The zero-order chi connectivity index (χ0) is 15.6. The first-order chi connectivity index (χ1) is 10.5. The lowest BCUT2D eigenvalue weighted by Gasteiger charge is -2.33. The maximum absolute atomic E-state index is 5.87. The van der Waals surface area contributed by atoms with E-state index < -0.39 is 0 Å². The number of hydrogen-bond donors (Lipinski definition) is 0. The summed E-state index contributed by atoms with van der Waals surface area (Å²) in [6.07, 6.45) is 5.42. The van der Waals surface area contributed by atoms with Gasteiger partial charge < -0.3 is 9.32 Å². The Morgan fingerprint density at radius 2 is 1.73 bits per heavy atom. The molecule has 1 aliphatic rings. The molecule has 2 aromatic rings. The third-order valence-corrected chi connectivity index (χ3v) is 3.86. The molecule has 6 nitrogen and oxygen atoms in total. The van der Waals surface area contributed by atoms with Gasteiger partial charge in [-0.1, -0.05) is 20.8 Å². The molecule has 0 saturated carbocycles. The minimum Gasteiger partial charge on any atom is -0.444 e. The molecule has 0 radical (unpaired) electrons. The molecule has 0 spiro atoms. The Labute approximate surface area is 131 Å². The number of anilines is 1. The number of rotatable bonds is 3. The molecule has 3 rings (SSSR count). The lowest BCUT2D eigenvalue weighted by atomic mass is 9.94. The first-order valence-corrected chi connectivity index (χ1v) is 7.72.